The molecule has 1 aliphatic carbocycles. The minimum atomic E-state index is 0. The molecule has 0 N–H and O–H groups in total. The summed E-state index contributed by atoms with van der Waals surface area (Å²) >= 11 is 0. The Morgan fingerprint density at radius 1 is 1.13 bits per heavy atom. The Labute approximate surface area is 95.7 Å². The molecule has 0 radical (unpaired) electrons. The first-order valence-electron chi connectivity index (χ1n) is 5.91. The van der Waals surface area contributed by atoms with Crippen molar-refractivity contribution in [3.05, 3.63) is 35.4 Å². The molecule has 0 heteroatoms. The van der Waals surface area contributed by atoms with E-state index in [1.54, 1.807) is 11.1 Å². The molecule has 0 saturated carbocycles. The summed E-state index contributed by atoms with van der Waals surface area (Å²) < 4.78 is 0. The Morgan fingerprint density at radius 2 is 1.67 bits per heavy atom. The van der Waals surface area contributed by atoms with Gasteiger partial charge in [-0.25, -0.2) is 0 Å². The van der Waals surface area contributed by atoms with Crippen molar-refractivity contribution in [3.63, 3.8) is 0 Å². The van der Waals surface area contributed by atoms with Gasteiger partial charge in [-0.05, 0) is 35.8 Å². The van der Waals surface area contributed by atoms with Crippen LogP contribution in [0.5, 0.6) is 0 Å². The van der Waals surface area contributed by atoms with Gasteiger partial charge in [0.25, 0.3) is 0 Å². The summed E-state index contributed by atoms with van der Waals surface area (Å²) in [7, 11) is 0. The van der Waals surface area contributed by atoms with Gasteiger partial charge in [0.1, 0.15) is 0 Å². The largest absolute Gasteiger partial charge is 0.0776 e. The number of benzene rings is 1. The predicted molar refractivity (Wildman–Crippen MR) is 70.6 cm³/mol. The standard InChI is InChI=1S/C12H16.C2H6.CH4/c1-3-10-8-9(2)11-6-4-5-7-12(10)11;1-2;/h4-7,9-10H,3,8H2,1-2H3;1-2H3;1H4. The predicted octanol–water partition coefficient (Wildman–Crippen LogP) is 5.35. The van der Waals surface area contributed by atoms with Crippen molar-refractivity contribution in [2.75, 3.05) is 0 Å². The smallest absolute Gasteiger partial charge is 0.0156 e. The van der Waals surface area contributed by atoms with Crippen molar-refractivity contribution in [1.82, 2.24) is 0 Å². The average molecular weight is 206 g/mol. The summed E-state index contributed by atoms with van der Waals surface area (Å²) in [5.74, 6) is 1.61. The number of rotatable bonds is 1. The first-order chi connectivity index (χ1) is 6.83. The number of hydrogen-bond donors (Lipinski definition) is 0. The van der Waals surface area contributed by atoms with Gasteiger partial charge >= 0.3 is 0 Å². The second kappa shape index (κ2) is 6.66. The summed E-state index contributed by atoms with van der Waals surface area (Å²) in [6.45, 7) is 8.63. The summed E-state index contributed by atoms with van der Waals surface area (Å²) in [6.07, 6.45) is 2.65. The highest BCUT2D eigenvalue weighted by molar-refractivity contribution is 5.37. The third-order valence-corrected chi connectivity index (χ3v) is 3.10. The van der Waals surface area contributed by atoms with Gasteiger partial charge in [-0.2, -0.15) is 0 Å². The zero-order chi connectivity index (χ0) is 10.6. The van der Waals surface area contributed by atoms with Crippen LogP contribution in [0, 0.1) is 0 Å². The van der Waals surface area contributed by atoms with Crippen molar-refractivity contribution in [1.29, 1.82) is 0 Å². The number of hydrogen-bond acceptors (Lipinski definition) is 0. The van der Waals surface area contributed by atoms with E-state index in [1.807, 2.05) is 13.8 Å². The fourth-order valence-corrected chi connectivity index (χ4v) is 2.40. The maximum Gasteiger partial charge on any atom is -0.0156 e. The average Bonchev–Trinajstić information content (AvgIpc) is 2.59. The van der Waals surface area contributed by atoms with Gasteiger partial charge < -0.3 is 0 Å². The zero-order valence-electron chi connectivity index (χ0n) is 9.88. The maximum atomic E-state index is 2.34. The molecule has 1 aromatic rings. The molecule has 2 unspecified atom stereocenters. The van der Waals surface area contributed by atoms with E-state index in [-0.39, 0.29) is 7.43 Å². The van der Waals surface area contributed by atoms with Gasteiger partial charge in [0.2, 0.25) is 0 Å². The van der Waals surface area contributed by atoms with Crippen LogP contribution in [0.25, 0.3) is 0 Å². The molecule has 0 bridgehead atoms. The maximum absolute atomic E-state index is 2.34. The molecule has 1 aliphatic rings. The Hall–Kier alpha value is -0.780. The Kier molecular flexibility index (Phi) is 6.31. The molecule has 15 heavy (non-hydrogen) atoms. The Morgan fingerprint density at radius 3 is 2.20 bits per heavy atom. The van der Waals surface area contributed by atoms with Crippen molar-refractivity contribution >= 4 is 0 Å². The fourth-order valence-electron chi connectivity index (χ4n) is 2.40. The minimum Gasteiger partial charge on any atom is -0.0776 e. The monoisotopic (exact) mass is 206 g/mol. The topological polar surface area (TPSA) is 0 Å². The van der Waals surface area contributed by atoms with E-state index in [0.29, 0.717) is 0 Å². The molecular weight excluding hydrogens is 180 g/mol. The lowest BCUT2D eigenvalue weighted by Crippen LogP contribution is -1.89. The molecule has 0 spiro atoms. The molecule has 1 aromatic carbocycles. The van der Waals surface area contributed by atoms with E-state index < -0.39 is 0 Å². The van der Waals surface area contributed by atoms with Crippen LogP contribution >= 0.6 is 0 Å². The summed E-state index contributed by atoms with van der Waals surface area (Å²) in [4.78, 5) is 0. The van der Waals surface area contributed by atoms with E-state index in [4.69, 9.17) is 0 Å². The third kappa shape index (κ3) is 2.84. The fraction of sp³-hybridized carbons (Fsp3) is 0.600. The van der Waals surface area contributed by atoms with Crippen LogP contribution in [0.3, 0.4) is 0 Å². The molecule has 0 aliphatic heterocycles. The molecule has 2 rings (SSSR count). The van der Waals surface area contributed by atoms with Gasteiger partial charge in [0.05, 0.1) is 0 Å². The normalized spacial score (nSPS) is 22.1. The lowest BCUT2D eigenvalue weighted by Gasteiger charge is -2.06. The molecule has 0 fully saturated rings. The highest BCUT2D eigenvalue weighted by Crippen LogP contribution is 2.42. The molecule has 86 valence electrons. The van der Waals surface area contributed by atoms with Crippen LogP contribution in [-0.2, 0) is 0 Å². The number of fused-ring (bicyclic) bond motifs is 1. The quantitative estimate of drug-likeness (QED) is 0.581. The summed E-state index contributed by atoms with van der Waals surface area (Å²) in [6, 6.07) is 8.91. The van der Waals surface area contributed by atoms with Crippen molar-refractivity contribution in [3.8, 4) is 0 Å². The lowest BCUT2D eigenvalue weighted by atomic mass is 9.99. The van der Waals surface area contributed by atoms with E-state index in [9.17, 15) is 0 Å². The second-order valence-corrected chi connectivity index (χ2v) is 3.87. The summed E-state index contributed by atoms with van der Waals surface area (Å²) in [5.41, 5.74) is 3.19. The van der Waals surface area contributed by atoms with Gasteiger partial charge in [-0.15, -0.1) is 0 Å². The van der Waals surface area contributed by atoms with Crippen LogP contribution in [0.4, 0.5) is 0 Å². The van der Waals surface area contributed by atoms with Crippen LogP contribution in [0.2, 0.25) is 0 Å². The van der Waals surface area contributed by atoms with Gasteiger partial charge in [0.15, 0.2) is 0 Å². The highest BCUT2D eigenvalue weighted by Gasteiger charge is 2.25. The van der Waals surface area contributed by atoms with Gasteiger partial charge in [-0.1, -0.05) is 59.4 Å². The van der Waals surface area contributed by atoms with Crippen molar-refractivity contribution in [2.45, 2.75) is 59.8 Å². The molecule has 0 heterocycles. The molecule has 0 aromatic heterocycles. The van der Waals surface area contributed by atoms with Gasteiger partial charge in [0, 0.05) is 0 Å². The van der Waals surface area contributed by atoms with Crippen LogP contribution in [0.15, 0.2) is 24.3 Å². The molecule has 2 atom stereocenters. The Balaban J connectivity index is 0.000000617. The lowest BCUT2D eigenvalue weighted by molar-refractivity contribution is 0.603. The van der Waals surface area contributed by atoms with Crippen LogP contribution < -0.4 is 0 Å². The SMILES string of the molecule is C.CC.CCC1CC(C)c2ccccc21. The first kappa shape index (κ1) is 14.2. The highest BCUT2D eigenvalue weighted by atomic mass is 14.3. The van der Waals surface area contributed by atoms with E-state index in [0.717, 1.165) is 11.8 Å². The van der Waals surface area contributed by atoms with E-state index in [2.05, 4.69) is 38.1 Å². The molecule has 0 amide bonds. The molecule has 0 nitrogen and oxygen atoms in total. The van der Waals surface area contributed by atoms with E-state index >= 15 is 0 Å². The second-order valence-electron chi connectivity index (χ2n) is 3.87. The van der Waals surface area contributed by atoms with Crippen molar-refractivity contribution in [2.24, 2.45) is 0 Å². The molecule has 0 saturated heterocycles. The van der Waals surface area contributed by atoms with Crippen LogP contribution in [-0.4, -0.2) is 0 Å². The molecular formula is C15H26. The van der Waals surface area contributed by atoms with E-state index in [1.165, 1.54) is 12.8 Å². The third-order valence-electron chi connectivity index (χ3n) is 3.10. The van der Waals surface area contributed by atoms with Crippen LogP contribution in [0.1, 0.15) is 70.9 Å². The van der Waals surface area contributed by atoms with Crippen molar-refractivity contribution < 1.29 is 0 Å². The zero-order valence-corrected chi connectivity index (χ0v) is 9.88. The van der Waals surface area contributed by atoms with Gasteiger partial charge in [-0.3, -0.25) is 0 Å². The minimum absolute atomic E-state index is 0. The summed E-state index contributed by atoms with van der Waals surface area (Å²) in [5, 5.41) is 0. The first-order valence-corrected chi connectivity index (χ1v) is 5.91. The Bertz CT molecular complexity index is 275.